The van der Waals surface area contributed by atoms with Crippen molar-refractivity contribution >= 4 is 78.8 Å². The first kappa shape index (κ1) is 19.7. The summed E-state index contributed by atoms with van der Waals surface area (Å²) in [6.07, 6.45) is 0. The van der Waals surface area contributed by atoms with Crippen molar-refractivity contribution < 1.29 is 4.79 Å². The summed E-state index contributed by atoms with van der Waals surface area (Å²) in [5.74, 6) is 0.500. The highest BCUT2D eigenvalue weighted by Crippen LogP contribution is 2.37. The zero-order chi connectivity index (χ0) is 19.7. The Morgan fingerprint density at radius 3 is 2.68 bits per heavy atom. The quantitative estimate of drug-likeness (QED) is 0.256. The van der Waals surface area contributed by atoms with Crippen LogP contribution in [0.2, 0.25) is 10.0 Å². The zero-order valence-electron chi connectivity index (χ0n) is 14.5. The second-order valence-corrected chi connectivity index (χ2v) is 10.1. The average Bonchev–Trinajstić information content (AvgIpc) is 3.25. The molecule has 4 rings (SSSR count). The van der Waals surface area contributed by atoms with Gasteiger partial charge in [-0.1, -0.05) is 82.2 Å². The minimum absolute atomic E-state index is 0.298. The number of thiophene rings is 1. The molecule has 2 heterocycles. The van der Waals surface area contributed by atoms with Crippen LogP contribution in [0.5, 0.6) is 0 Å². The van der Waals surface area contributed by atoms with Gasteiger partial charge in [-0.25, -0.2) is 0 Å². The molecule has 2 aromatic heterocycles. The third-order valence-electron chi connectivity index (χ3n) is 3.91. The fraction of sp³-hybridized carbons (Fsp3) is 0.105. The number of nitrogens with zero attached hydrogens (tertiary/aromatic N) is 2. The highest BCUT2D eigenvalue weighted by Gasteiger charge is 2.19. The van der Waals surface area contributed by atoms with E-state index in [-0.39, 0.29) is 5.91 Å². The molecule has 2 aromatic carbocycles. The molecule has 0 unspecified atom stereocenters. The summed E-state index contributed by atoms with van der Waals surface area (Å²) in [4.78, 5) is 13.1. The van der Waals surface area contributed by atoms with Crippen LogP contribution < -0.4 is 5.32 Å². The maximum atomic E-state index is 12.6. The highest BCUT2D eigenvalue weighted by atomic mass is 35.5. The number of benzene rings is 2. The van der Waals surface area contributed by atoms with Gasteiger partial charge < -0.3 is 0 Å². The molecule has 0 fully saturated rings. The van der Waals surface area contributed by atoms with Crippen molar-refractivity contribution in [1.29, 1.82) is 0 Å². The zero-order valence-corrected chi connectivity index (χ0v) is 18.5. The van der Waals surface area contributed by atoms with Crippen LogP contribution in [-0.4, -0.2) is 16.1 Å². The van der Waals surface area contributed by atoms with Crippen LogP contribution in [-0.2, 0) is 5.75 Å². The number of aromatic nitrogens is 2. The van der Waals surface area contributed by atoms with E-state index < -0.39 is 0 Å². The molecule has 142 valence electrons. The first-order valence-corrected chi connectivity index (χ1v) is 11.6. The molecule has 0 aliphatic rings. The van der Waals surface area contributed by atoms with Gasteiger partial charge in [-0.05, 0) is 24.6 Å². The second-order valence-electron chi connectivity index (χ2n) is 5.99. The highest BCUT2D eigenvalue weighted by molar-refractivity contribution is 8.00. The van der Waals surface area contributed by atoms with Crippen molar-refractivity contribution in [2.45, 2.75) is 17.0 Å². The van der Waals surface area contributed by atoms with Gasteiger partial charge in [0.1, 0.15) is 4.88 Å². The number of amides is 1. The van der Waals surface area contributed by atoms with Crippen LogP contribution in [0.25, 0.3) is 10.1 Å². The van der Waals surface area contributed by atoms with E-state index in [2.05, 4.69) is 46.7 Å². The molecule has 1 N–H and O–H groups in total. The van der Waals surface area contributed by atoms with E-state index in [0.717, 1.165) is 20.2 Å². The summed E-state index contributed by atoms with van der Waals surface area (Å²) in [5.41, 5.74) is 2.45. The average molecular weight is 466 g/mol. The van der Waals surface area contributed by atoms with Crippen LogP contribution in [0.3, 0.4) is 0 Å². The summed E-state index contributed by atoms with van der Waals surface area (Å²) in [6, 6.07) is 13.7. The van der Waals surface area contributed by atoms with Crippen LogP contribution >= 0.6 is 57.6 Å². The fourth-order valence-corrected chi connectivity index (χ4v) is 5.88. The van der Waals surface area contributed by atoms with Crippen molar-refractivity contribution in [2.75, 3.05) is 5.32 Å². The Morgan fingerprint density at radius 2 is 1.89 bits per heavy atom. The van der Waals surface area contributed by atoms with Crippen molar-refractivity contribution in [1.82, 2.24) is 10.2 Å². The third kappa shape index (κ3) is 4.34. The number of anilines is 1. The fourth-order valence-electron chi connectivity index (χ4n) is 2.49. The lowest BCUT2D eigenvalue weighted by molar-refractivity contribution is 0.103. The predicted molar refractivity (Wildman–Crippen MR) is 120 cm³/mol. The van der Waals surface area contributed by atoms with Crippen molar-refractivity contribution in [3.8, 4) is 0 Å². The summed E-state index contributed by atoms with van der Waals surface area (Å²) >= 11 is 16.6. The number of halogens is 2. The Kier molecular flexibility index (Phi) is 5.89. The first-order valence-electron chi connectivity index (χ1n) is 8.20. The number of nitrogens with one attached hydrogen (secondary N) is 1. The maximum absolute atomic E-state index is 12.6. The van der Waals surface area contributed by atoms with E-state index in [4.69, 9.17) is 23.2 Å². The number of hydrogen-bond acceptors (Lipinski definition) is 6. The topological polar surface area (TPSA) is 54.9 Å². The van der Waals surface area contributed by atoms with Gasteiger partial charge in [-0.15, -0.1) is 21.5 Å². The van der Waals surface area contributed by atoms with E-state index >= 15 is 0 Å². The molecule has 28 heavy (non-hydrogen) atoms. The molecule has 0 saturated heterocycles. The Morgan fingerprint density at radius 1 is 1.11 bits per heavy atom. The SMILES string of the molecule is Cc1ccc(CSc2nnc(NC(=O)c3sc4cc(Cl)ccc4c3Cl)s2)cc1. The monoisotopic (exact) mass is 465 g/mol. The maximum Gasteiger partial charge on any atom is 0.269 e. The van der Waals surface area contributed by atoms with E-state index in [0.29, 0.717) is 20.1 Å². The van der Waals surface area contributed by atoms with Gasteiger partial charge in [-0.3, -0.25) is 10.1 Å². The third-order valence-corrected chi connectivity index (χ3v) is 7.84. The molecule has 0 aliphatic heterocycles. The van der Waals surface area contributed by atoms with E-state index in [1.165, 1.54) is 33.8 Å². The molecule has 9 heteroatoms. The smallest absolute Gasteiger partial charge is 0.269 e. The standard InChI is InChI=1S/C19H13Cl2N3OS3/c1-10-2-4-11(5-3-10)9-26-19-24-23-18(28-19)22-17(25)16-15(21)13-7-6-12(20)8-14(13)27-16/h2-8H,9H2,1H3,(H,22,23,25). The Bertz CT molecular complexity index is 1160. The number of thioether (sulfide) groups is 1. The first-order chi connectivity index (χ1) is 13.5. The Hall–Kier alpha value is -1.64. The van der Waals surface area contributed by atoms with Crippen LogP contribution in [0.4, 0.5) is 5.13 Å². The van der Waals surface area contributed by atoms with Crippen LogP contribution in [0.15, 0.2) is 46.8 Å². The van der Waals surface area contributed by atoms with E-state index in [9.17, 15) is 4.79 Å². The number of rotatable bonds is 5. The minimum Gasteiger partial charge on any atom is -0.296 e. The van der Waals surface area contributed by atoms with Gasteiger partial charge in [0.2, 0.25) is 5.13 Å². The van der Waals surface area contributed by atoms with E-state index in [1.807, 2.05) is 6.07 Å². The van der Waals surface area contributed by atoms with E-state index in [1.54, 1.807) is 23.9 Å². The largest absolute Gasteiger partial charge is 0.296 e. The van der Waals surface area contributed by atoms with Crippen molar-refractivity contribution in [3.63, 3.8) is 0 Å². The van der Waals surface area contributed by atoms with Gasteiger partial charge in [0, 0.05) is 20.9 Å². The van der Waals surface area contributed by atoms with Crippen LogP contribution in [0.1, 0.15) is 20.8 Å². The van der Waals surface area contributed by atoms with Crippen molar-refractivity contribution in [3.05, 3.63) is 68.5 Å². The molecule has 4 nitrogen and oxygen atoms in total. The summed E-state index contributed by atoms with van der Waals surface area (Å²) < 4.78 is 1.67. The number of aryl methyl sites for hydroxylation is 1. The molecule has 0 bridgehead atoms. The Labute approximate surface area is 183 Å². The lowest BCUT2D eigenvalue weighted by Gasteiger charge is -1.99. The lowest BCUT2D eigenvalue weighted by atomic mass is 10.2. The number of carbonyl (C=O) groups is 1. The number of fused-ring (bicyclic) bond motifs is 1. The van der Waals surface area contributed by atoms with Gasteiger partial charge in [0.15, 0.2) is 4.34 Å². The predicted octanol–water partition coefficient (Wildman–Crippen LogP) is 6.91. The number of hydrogen-bond donors (Lipinski definition) is 1. The molecule has 0 atom stereocenters. The number of carbonyl (C=O) groups excluding carboxylic acids is 1. The second kappa shape index (κ2) is 8.39. The Balaban J connectivity index is 1.44. The molecule has 0 saturated carbocycles. The normalized spacial score (nSPS) is 11.1. The summed E-state index contributed by atoms with van der Waals surface area (Å²) in [7, 11) is 0. The molecule has 1 amide bonds. The molecule has 4 aromatic rings. The summed E-state index contributed by atoms with van der Waals surface area (Å²) in [5, 5.41) is 13.3. The molecular weight excluding hydrogens is 453 g/mol. The van der Waals surface area contributed by atoms with Gasteiger partial charge in [0.05, 0.1) is 5.02 Å². The molecule has 0 spiro atoms. The molecule has 0 radical (unpaired) electrons. The van der Waals surface area contributed by atoms with Crippen LogP contribution in [0, 0.1) is 6.92 Å². The van der Waals surface area contributed by atoms with Crippen molar-refractivity contribution in [2.24, 2.45) is 0 Å². The van der Waals surface area contributed by atoms with Gasteiger partial charge in [-0.2, -0.15) is 0 Å². The van der Waals surface area contributed by atoms with Gasteiger partial charge in [0.25, 0.3) is 5.91 Å². The lowest BCUT2D eigenvalue weighted by Crippen LogP contribution is -2.10. The minimum atomic E-state index is -0.298. The summed E-state index contributed by atoms with van der Waals surface area (Å²) in [6.45, 7) is 2.06. The molecule has 0 aliphatic carbocycles. The van der Waals surface area contributed by atoms with Gasteiger partial charge >= 0.3 is 0 Å². The molecular formula is C19H13Cl2N3OS3.